The van der Waals surface area contributed by atoms with Gasteiger partial charge in [0.25, 0.3) is 0 Å². The molecule has 0 heterocycles. The van der Waals surface area contributed by atoms with Crippen molar-refractivity contribution in [1.82, 2.24) is 5.32 Å². The van der Waals surface area contributed by atoms with Crippen LogP contribution < -0.4 is 5.32 Å². The van der Waals surface area contributed by atoms with Crippen molar-refractivity contribution in [3.8, 4) is 0 Å². The molecule has 0 aliphatic carbocycles. The van der Waals surface area contributed by atoms with Gasteiger partial charge in [-0.05, 0) is 43.4 Å². The zero-order chi connectivity index (χ0) is 9.23. The Kier molecular flexibility index (Phi) is 9.64. The van der Waals surface area contributed by atoms with Crippen LogP contribution in [-0.2, 0) is 0 Å². The molecule has 0 aromatic rings. The topological polar surface area (TPSA) is 12.0 Å². The predicted molar refractivity (Wildman–Crippen MR) is 59.9 cm³/mol. The molecule has 0 saturated heterocycles. The average molecular weight is 189 g/mol. The van der Waals surface area contributed by atoms with Crippen molar-refractivity contribution in [2.45, 2.75) is 33.6 Å². The Hall–Kier alpha value is 0.310. The van der Waals surface area contributed by atoms with Crippen LogP contribution in [0.4, 0.5) is 0 Å². The van der Waals surface area contributed by atoms with Crippen molar-refractivity contribution in [2.24, 2.45) is 5.92 Å². The molecule has 1 unspecified atom stereocenters. The fourth-order valence-corrected chi connectivity index (χ4v) is 1.96. The zero-order valence-corrected chi connectivity index (χ0v) is 9.54. The molecule has 0 aromatic carbocycles. The predicted octanol–water partition coefficient (Wildman–Crippen LogP) is 2.77. The molecule has 0 amide bonds. The van der Waals surface area contributed by atoms with Crippen molar-refractivity contribution < 1.29 is 0 Å². The summed E-state index contributed by atoms with van der Waals surface area (Å²) < 4.78 is 0. The van der Waals surface area contributed by atoms with Gasteiger partial charge in [-0.1, -0.05) is 20.8 Å². The lowest BCUT2D eigenvalue weighted by Gasteiger charge is -2.10. The lowest BCUT2D eigenvalue weighted by molar-refractivity contribution is 0.496. The molecular weight excluding hydrogens is 166 g/mol. The first-order chi connectivity index (χ1) is 5.81. The molecule has 0 radical (unpaired) electrons. The summed E-state index contributed by atoms with van der Waals surface area (Å²) in [5, 5.41) is 3.36. The average Bonchev–Trinajstić information content (AvgIpc) is 2.06. The minimum absolute atomic E-state index is 0.892. The molecule has 0 rings (SSSR count). The molecule has 0 aliphatic heterocycles. The molecule has 1 nitrogen and oxygen atoms in total. The summed E-state index contributed by atoms with van der Waals surface area (Å²) in [5.74, 6) is 3.49. The van der Waals surface area contributed by atoms with Gasteiger partial charge in [0.2, 0.25) is 0 Å². The van der Waals surface area contributed by atoms with Crippen LogP contribution >= 0.6 is 11.8 Å². The first-order valence-corrected chi connectivity index (χ1v) is 6.25. The Morgan fingerprint density at radius 2 is 2.00 bits per heavy atom. The van der Waals surface area contributed by atoms with Crippen molar-refractivity contribution in [2.75, 3.05) is 24.6 Å². The number of hydrogen-bond acceptors (Lipinski definition) is 2. The highest BCUT2D eigenvalue weighted by molar-refractivity contribution is 7.99. The molecule has 0 aliphatic rings. The van der Waals surface area contributed by atoms with E-state index in [4.69, 9.17) is 0 Å². The van der Waals surface area contributed by atoms with E-state index in [1.807, 2.05) is 0 Å². The smallest absolute Gasteiger partial charge is 0.00465 e. The lowest BCUT2D eigenvalue weighted by Crippen LogP contribution is -2.16. The molecule has 74 valence electrons. The van der Waals surface area contributed by atoms with E-state index in [-0.39, 0.29) is 0 Å². The SMILES string of the molecule is CCNCCC(C)CCSCC. The van der Waals surface area contributed by atoms with E-state index < -0.39 is 0 Å². The minimum atomic E-state index is 0.892. The van der Waals surface area contributed by atoms with Gasteiger partial charge in [-0.2, -0.15) is 11.8 Å². The van der Waals surface area contributed by atoms with Crippen molar-refractivity contribution in [3.63, 3.8) is 0 Å². The Morgan fingerprint density at radius 3 is 2.58 bits per heavy atom. The Labute approximate surface area is 81.7 Å². The number of nitrogens with one attached hydrogen (secondary N) is 1. The summed E-state index contributed by atoms with van der Waals surface area (Å²) in [6.45, 7) is 9.05. The normalized spacial score (nSPS) is 13.2. The summed E-state index contributed by atoms with van der Waals surface area (Å²) in [5.41, 5.74) is 0. The van der Waals surface area contributed by atoms with Gasteiger partial charge in [0, 0.05) is 0 Å². The molecule has 1 atom stereocenters. The standard InChI is InChI=1S/C10H23NS/c1-4-11-8-6-10(3)7-9-12-5-2/h10-11H,4-9H2,1-3H3. The second kappa shape index (κ2) is 9.40. The fraction of sp³-hybridized carbons (Fsp3) is 1.00. The molecule has 1 N–H and O–H groups in total. The van der Waals surface area contributed by atoms with E-state index in [9.17, 15) is 0 Å². The van der Waals surface area contributed by atoms with Crippen molar-refractivity contribution >= 4 is 11.8 Å². The highest BCUT2D eigenvalue weighted by Crippen LogP contribution is 2.11. The van der Waals surface area contributed by atoms with E-state index in [2.05, 4.69) is 37.8 Å². The molecule has 0 aromatic heterocycles. The first kappa shape index (κ1) is 12.3. The third-order valence-corrected chi connectivity index (χ3v) is 2.96. The van der Waals surface area contributed by atoms with E-state index >= 15 is 0 Å². The van der Waals surface area contributed by atoms with Crippen LogP contribution in [0, 0.1) is 5.92 Å². The largest absolute Gasteiger partial charge is 0.317 e. The molecule has 0 saturated carbocycles. The van der Waals surface area contributed by atoms with Crippen LogP contribution in [0.5, 0.6) is 0 Å². The molecule has 0 bridgehead atoms. The molecule has 2 heteroatoms. The van der Waals surface area contributed by atoms with Gasteiger partial charge in [-0.15, -0.1) is 0 Å². The highest BCUT2D eigenvalue weighted by Gasteiger charge is 2.00. The van der Waals surface area contributed by atoms with Gasteiger partial charge in [-0.25, -0.2) is 0 Å². The third kappa shape index (κ3) is 8.41. The summed E-state index contributed by atoms with van der Waals surface area (Å²) in [7, 11) is 0. The van der Waals surface area contributed by atoms with Crippen LogP contribution in [-0.4, -0.2) is 24.6 Å². The van der Waals surface area contributed by atoms with Crippen LogP contribution in [0.15, 0.2) is 0 Å². The van der Waals surface area contributed by atoms with E-state index in [1.54, 1.807) is 0 Å². The highest BCUT2D eigenvalue weighted by atomic mass is 32.2. The monoisotopic (exact) mass is 189 g/mol. The maximum atomic E-state index is 3.36. The maximum Gasteiger partial charge on any atom is -0.00465 e. The van der Waals surface area contributed by atoms with Gasteiger partial charge in [-0.3, -0.25) is 0 Å². The van der Waals surface area contributed by atoms with Gasteiger partial charge >= 0.3 is 0 Å². The summed E-state index contributed by atoms with van der Waals surface area (Å²) in [6, 6.07) is 0. The number of hydrogen-bond donors (Lipinski definition) is 1. The van der Waals surface area contributed by atoms with Crippen LogP contribution in [0.25, 0.3) is 0 Å². The van der Waals surface area contributed by atoms with Gasteiger partial charge in [0.15, 0.2) is 0 Å². The van der Waals surface area contributed by atoms with E-state index in [0.29, 0.717) is 0 Å². The fourth-order valence-electron chi connectivity index (χ4n) is 1.10. The molecule has 12 heavy (non-hydrogen) atoms. The van der Waals surface area contributed by atoms with Crippen LogP contribution in [0.1, 0.15) is 33.6 Å². The van der Waals surface area contributed by atoms with Crippen molar-refractivity contribution in [3.05, 3.63) is 0 Å². The second-order valence-corrected chi connectivity index (χ2v) is 4.63. The Bertz CT molecular complexity index is 75.9. The van der Waals surface area contributed by atoms with Crippen LogP contribution in [0.2, 0.25) is 0 Å². The summed E-state index contributed by atoms with van der Waals surface area (Å²) in [4.78, 5) is 0. The summed E-state index contributed by atoms with van der Waals surface area (Å²) >= 11 is 2.06. The molecular formula is C10H23NS. The third-order valence-electron chi connectivity index (χ3n) is 2.02. The Morgan fingerprint density at radius 1 is 1.25 bits per heavy atom. The van der Waals surface area contributed by atoms with Gasteiger partial charge in [0.1, 0.15) is 0 Å². The van der Waals surface area contributed by atoms with E-state index in [0.717, 1.165) is 12.5 Å². The lowest BCUT2D eigenvalue weighted by atomic mass is 10.1. The second-order valence-electron chi connectivity index (χ2n) is 3.23. The quantitative estimate of drug-likeness (QED) is 0.589. The first-order valence-electron chi connectivity index (χ1n) is 5.09. The minimum Gasteiger partial charge on any atom is -0.317 e. The maximum absolute atomic E-state index is 3.36. The van der Waals surface area contributed by atoms with Gasteiger partial charge < -0.3 is 5.32 Å². The Balaban J connectivity index is 3.04. The van der Waals surface area contributed by atoms with Crippen molar-refractivity contribution in [1.29, 1.82) is 0 Å². The number of rotatable bonds is 8. The van der Waals surface area contributed by atoms with Crippen LogP contribution in [0.3, 0.4) is 0 Å². The zero-order valence-electron chi connectivity index (χ0n) is 8.73. The summed E-state index contributed by atoms with van der Waals surface area (Å²) in [6.07, 6.45) is 2.71. The number of thioether (sulfide) groups is 1. The molecule has 0 fully saturated rings. The molecule has 0 spiro atoms. The van der Waals surface area contributed by atoms with E-state index in [1.165, 1.54) is 30.9 Å². The van der Waals surface area contributed by atoms with Gasteiger partial charge in [0.05, 0.1) is 0 Å².